The van der Waals surface area contributed by atoms with Gasteiger partial charge in [0, 0.05) is 30.2 Å². The van der Waals surface area contributed by atoms with E-state index in [1.54, 1.807) is 25.3 Å². The summed E-state index contributed by atoms with van der Waals surface area (Å²) in [6.45, 7) is 1.13. The third-order valence-electron chi connectivity index (χ3n) is 4.24. The predicted molar refractivity (Wildman–Crippen MR) is 90.6 cm³/mol. The van der Waals surface area contributed by atoms with Crippen molar-refractivity contribution in [3.05, 3.63) is 59.9 Å². The maximum Gasteiger partial charge on any atom is 0.279 e. The maximum absolute atomic E-state index is 13.0. The van der Waals surface area contributed by atoms with Crippen LogP contribution in [0, 0.1) is 5.82 Å². The highest BCUT2D eigenvalue weighted by Crippen LogP contribution is 2.17. The van der Waals surface area contributed by atoms with E-state index in [4.69, 9.17) is 4.74 Å². The molecule has 24 heavy (non-hydrogen) atoms. The molecule has 2 N–H and O–H groups in total. The largest absolute Gasteiger partial charge is 0.497 e. The fraction of sp³-hybridized carbons (Fsp3) is 0.316. The highest BCUT2D eigenvalue weighted by atomic mass is 19.1. The number of hydrogen-bond acceptors (Lipinski definition) is 2. The van der Waals surface area contributed by atoms with E-state index in [2.05, 4.69) is 5.32 Å². The van der Waals surface area contributed by atoms with Crippen LogP contribution in [0.1, 0.15) is 18.4 Å². The zero-order chi connectivity index (χ0) is 16.9. The number of methoxy groups -OCH3 is 1. The molecule has 5 heteroatoms. The van der Waals surface area contributed by atoms with Crippen LogP contribution < -0.4 is 15.0 Å². The van der Waals surface area contributed by atoms with Crippen LogP contribution in [0.4, 0.5) is 10.1 Å². The first-order chi connectivity index (χ1) is 11.6. The van der Waals surface area contributed by atoms with Crippen LogP contribution in [-0.2, 0) is 11.3 Å². The number of benzene rings is 2. The Morgan fingerprint density at radius 3 is 2.67 bits per heavy atom. The van der Waals surface area contributed by atoms with Gasteiger partial charge in [-0.15, -0.1) is 0 Å². The average Bonchev–Trinajstić information content (AvgIpc) is 3.41. The van der Waals surface area contributed by atoms with E-state index < -0.39 is 0 Å². The molecule has 1 atom stereocenters. The third kappa shape index (κ3) is 4.55. The van der Waals surface area contributed by atoms with Gasteiger partial charge in [0.25, 0.3) is 5.91 Å². The van der Waals surface area contributed by atoms with Gasteiger partial charge in [0.1, 0.15) is 18.1 Å². The van der Waals surface area contributed by atoms with Gasteiger partial charge in [-0.1, -0.05) is 18.2 Å². The molecule has 1 fully saturated rings. The lowest BCUT2D eigenvalue weighted by Gasteiger charge is -2.19. The van der Waals surface area contributed by atoms with Gasteiger partial charge in [0.2, 0.25) is 0 Å². The second-order valence-electron chi connectivity index (χ2n) is 6.19. The number of anilines is 1. The monoisotopic (exact) mass is 329 g/mol. The SMILES string of the molecule is COc1cccc(NC(=O)C[NH+](Cc2ccc(F)cc2)C2CC2)c1. The molecule has 1 unspecified atom stereocenters. The predicted octanol–water partition coefficient (Wildman–Crippen LogP) is 2.02. The average molecular weight is 329 g/mol. The van der Waals surface area contributed by atoms with Crippen LogP contribution in [0.15, 0.2) is 48.5 Å². The lowest BCUT2D eigenvalue weighted by Crippen LogP contribution is -3.13. The minimum atomic E-state index is -0.234. The summed E-state index contributed by atoms with van der Waals surface area (Å²) in [7, 11) is 1.60. The van der Waals surface area contributed by atoms with Crippen LogP contribution in [0.25, 0.3) is 0 Å². The van der Waals surface area contributed by atoms with E-state index in [-0.39, 0.29) is 11.7 Å². The first kappa shape index (κ1) is 16.5. The van der Waals surface area contributed by atoms with E-state index in [0.717, 1.165) is 30.6 Å². The molecule has 2 aromatic carbocycles. The van der Waals surface area contributed by atoms with Crippen LogP contribution >= 0.6 is 0 Å². The molecule has 0 spiro atoms. The van der Waals surface area contributed by atoms with Crippen molar-refractivity contribution in [3.63, 3.8) is 0 Å². The van der Waals surface area contributed by atoms with E-state index >= 15 is 0 Å². The topological polar surface area (TPSA) is 42.8 Å². The molecular formula is C19H22FN2O2+. The quantitative estimate of drug-likeness (QED) is 0.816. The highest BCUT2D eigenvalue weighted by molar-refractivity contribution is 5.91. The summed E-state index contributed by atoms with van der Waals surface area (Å²) in [5.74, 6) is 0.459. The highest BCUT2D eigenvalue weighted by Gasteiger charge is 2.34. The molecule has 1 amide bonds. The number of quaternary nitrogens is 1. The summed E-state index contributed by atoms with van der Waals surface area (Å²) in [5, 5.41) is 2.92. The number of hydrogen-bond donors (Lipinski definition) is 2. The molecule has 126 valence electrons. The Morgan fingerprint density at radius 1 is 1.25 bits per heavy atom. The van der Waals surface area contributed by atoms with E-state index in [1.807, 2.05) is 18.2 Å². The Bertz CT molecular complexity index is 699. The van der Waals surface area contributed by atoms with E-state index in [0.29, 0.717) is 18.3 Å². The summed E-state index contributed by atoms with van der Waals surface area (Å²) < 4.78 is 18.2. The molecular weight excluding hydrogens is 307 g/mol. The molecule has 1 aliphatic rings. The smallest absolute Gasteiger partial charge is 0.279 e. The molecule has 1 saturated carbocycles. The van der Waals surface area contributed by atoms with Crippen molar-refractivity contribution in [2.75, 3.05) is 19.0 Å². The fourth-order valence-corrected chi connectivity index (χ4v) is 2.82. The minimum Gasteiger partial charge on any atom is -0.497 e. The van der Waals surface area contributed by atoms with E-state index in [1.165, 1.54) is 17.0 Å². The van der Waals surface area contributed by atoms with Crippen LogP contribution in [0.3, 0.4) is 0 Å². The van der Waals surface area contributed by atoms with Crippen molar-refractivity contribution >= 4 is 11.6 Å². The molecule has 1 aliphatic carbocycles. The van der Waals surface area contributed by atoms with Crippen LogP contribution in [0.5, 0.6) is 5.75 Å². The fourth-order valence-electron chi connectivity index (χ4n) is 2.82. The van der Waals surface area contributed by atoms with Crippen molar-refractivity contribution < 1.29 is 18.8 Å². The Morgan fingerprint density at radius 2 is 2.00 bits per heavy atom. The first-order valence-corrected chi connectivity index (χ1v) is 8.17. The van der Waals surface area contributed by atoms with E-state index in [9.17, 15) is 9.18 Å². The molecule has 0 heterocycles. The summed E-state index contributed by atoms with van der Waals surface area (Å²) in [6.07, 6.45) is 2.28. The van der Waals surface area contributed by atoms with Gasteiger partial charge in [-0.25, -0.2) is 4.39 Å². The van der Waals surface area contributed by atoms with Gasteiger partial charge in [-0.05, 0) is 24.3 Å². The second-order valence-corrected chi connectivity index (χ2v) is 6.19. The molecule has 0 bridgehead atoms. The third-order valence-corrected chi connectivity index (χ3v) is 4.24. The van der Waals surface area contributed by atoms with Gasteiger partial charge in [-0.3, -0.25) is 4.79 Å². The zero-order valence-electron chi connectivity index (χ0n) is 13.7. The van der Waals surface area contributed by atoms with Crippen LogP contribution in [-0.4, -0.2) is 25.6 Å². The second kappa shape index (κ2) is 7.45. The molecule has 0 saturated heterocycles. The number of nitrogens with one attached hydrogen (secondary N) is 2. The van der Waals surface area contributed by atoms with Crippen molar-refractivity contribution in [1.82, 2.24) is 0 Å². The summed E-state index contributed by atoms with van der Waals surface area (Å²) in [5.41, 5.74) is 1.78. The Kier molecular flexibility index (Phi) is 5.11. The normalized spacial score (nSPS) is 14.9. The first-order valence-electron chi connectivity index (χ1n) is 8.17. The van der Waals surface area contributed by atoms with Gasteiger partial charge in [-0.2, -0.15) is 0 Å². The number of amides is 1. The van der Waals surface area contributed by atoms with Crippen molar-refractivity contribution in [1.29, 1.82) is 0 Å². The van der Waals surface area contributed by atoms with Crippen molar-refractivity contribution in [2.45, 2.75) is 25.4 Å². The van der Waals surface area contributed by atoms with Crippen molar-refractivity contribution in [2.24, 2.45) is 0 Å². The maximum atomic E-state index is 13.0. The Balaban J connectivity index is 1.60. The summed E-state index contributed by atoms with van der Waals surface area (Å²) in [6, 6.07) is 14.4. The molecule has 4 nitrogen and oxygen atoms in total. The number of carbonyl (C=O) groups is 1. The van der Waals surface area contributed by atoms with Gasteiger partial charge >= 0.3 is 0 Å². The lowest BCUT2D eigenvalue weighted by molar-refractivity contribution is -0.916. The molecule has 0 aromatic heterocycles. The lowest BCUT2D eigenvalue weighted by atomic mass is 10.2. The summed E-state index contributed by atoms with van der Waals surface area (Å²) >= 11 is 0. The summed E-state index contributed by atoms with van der Waals surface area (Å²) in [4.78, 5) is 13.6. The Labute approximate surface area is 141 Å². The molecule has 0 aliphatic heterocycles. The number of rotatable bonds is 7. The number of ether oxygens (including phenoxy) is 1. The van der Waals surface area contributed by atoms with Gasteiger partial charge < -0.3 is 15.0 Å². The van der Waals surface area contributed by atoms with Crippen molar-refractivity contribution in [3.8, 4) is 5.75 Å². The van der Waals surface area contributed by atoms with Gasteiger partial charge in [0.15, 0.2) is 6.54 Å². The minimum absolute atomic E-state index is 0.0211. The number of carbonyl (C=O) groups excluding carboxylic acids is 1. The molecule has 3 rings (SSSR count). The molecule has 2 aromatic rings. The van der Waals surface area contributed by atoms with Gasteiger partial charge in [0.05, 0.1) is 13.2 Å². The number of halogens is 1. The standard InChI is InChI=1S/C19H21FN2O2/c1-24-18-4-2-3-16(11-18)21-19(23)13-22(17-9-10-17)12-14-5-7-15(20)8-6-14/h2-8,11,17H,9-10,12-13H2,1H3,(H,21,23)/p+1. The molecule has 0 radical (unpaired) electrons. The zero-order valence-corrected chi connectivity index (χ0v) is 13.7. The van der Waals surface area contributed by atoms with Crippen LogP contribution in [0.2, 0.25) is 0 Å². The Hall–Kier alpha value is -2.40.